The van der Waals surface area contributed by atoms with Crippen LogP contribution >= 0.6 is 11.8 Å². The zero-order valence-corrected chi connectivity index (χ0v) is 10.4. The second-order valence-corrected chi connectivity index (χ2v) is 5.22. The average molecular weight is 237 g/mol. The Morgan fingerprint density at radius 2 is 2.06 bits per heavy atom. The molecule has 0 radical (unpaired) electrons. The van der Waals surface area contributed by atoms with Gasteiger partial charge in [-0.2, -0.15) is 0 Å². The van der Waals surface area contributed by atoms with E-state index >= 15 is 0 Å². The second kappa shape index (κ2) is 6.16. The highest BCUT2D eigenvalue weighted by molar-refractivity contribution is 7.99. The number of thioether (sulfide) groups is 1. The number of hydrogen-bond acceptors (Lipinski definition) is 3. The van der Waals surface area contributed by atoms with E-state index in [-0.39, 0.29) is 0 Å². The van der Waals surface area contributed by atoms with E-state index in [9.17, 15) is 0 Å². The molecule has 1 aliphatic heterocycles. The van der Waals surface area contributed by atoms with E-state index in [1.807, 2.05) is 11.8 Å². The van der Waals surface area contributed by atoms with Crippen LogP contribution in [0.1, 0.15) is 19.3 Å². The standard InChI is InChI=1S/C13H19NOS/c15-10-5-1-4-8-14-9-11-16-13-7-3-2-6-12(13)14/h2-3,6-7,15H,1,4-5,8-11H2. The fraction of sp³-hybridized carbons (Fsp3) is 0.538. The minimum absolute atomic E-state index is 0.326. The van der Waals surface area contributed by atoms with Gasteiger partial charge in [0, 0.05) is 30.3 Å². The van der Waals surface area contributed by atoms with Crippen molar-refractivity contribution < 1.29 is 5.11 Å². The summed E-state index contributed by atoms with van der Waals surface area (Å²) in [4.78, 5) is 3.89. The lowest BCUT2D eigenvalue weighted by Crippen LogP contribution is -2.30. The van der Waals surface area contributed by atoms with Crippen LogP contribution in [0.3, 0.4) is 0 Å². The molecular weight excluding hydrogens is 218 g/mol. The van der Waals surface area contributed by atoms with Crippen LogP contribution in [0.4, 0.5) is 5.69 Å². The van der Waals surface area contributed by atoms with E-state index in [1.165, 1.54) is 22.8 Å². The largest absolute Gasteiger partial charge is 0.396 e. The van der Waals surface area contributed by atoms with Gasteiger partial charge in [-0.25, -0.2) is 0 Å². The summed E-state index contributed by atoms with van der Waals surface area (Å²) in [6, 6.07) is 8.65. The van der Waals surface area contributed by atoms with Gasteiger partial charge in [-0.1, -0.05) is 12.1 Å². The molecule has 0 atom stereocenters. The first kappa shape index (κ1) is 11.8. The molecule has 0 amide bonds. The van der Waals surface area contributed by atoms with Crippen molar-refractivity contribution >= 4 is 17.4 Å². The summed E-state index contributed by atoms with van der Waals surface area (Å²) in [5.41, 5.74) is 1.39. The van der Waals surface area contributed by atoms with Crippen molar-refractivity contribution in [3.05, 3.63) is 24.3 Å². The zero-order valence-electron chi connectivity index (χ0n) is 9.56. The first-order chi connectivity index (χ1) is 7.92. The number of unbranched alkanes of at least 4 members (excludes halogenated alkanes) is 2. The van der Waals surface area contributed by atoms with Gasteiger partial charge in [0.15, 0.2) is 0 Å². The number of nitrogens with zero attached hydrogens (tertiary/aromatic N) is 1. The highest BCUT2D eigenvalue weighted by Gasteiger charge is 2.15. The van der Waals surface area contributed by atoms with Gasteiger partial charge in [0.05, 0.1) is 5.69 Å². The molecule has 3 heteroatoms. The molecule has 0 fully saturated rings. The first-order valence-electron chi connectivity index (χ1n) is 5.99. The third-order valence-electron chi connectivity index (χ3n) is 2.91. The Kier molecular flexibility index (Phi) is 4.55. The summed E-state index contributed by atoms with van der Waals surface area (Å²) in [6.07, 6.45) is 3.24. The molecular formula is C13H19NOS. The minimum Gasteiger partial charge on any atom is -0.396 e. The van der Waals surface area contributed by atoms with E-state index < -0.39 is 0 Å². The van der Waals surface area contributed by atoms with E-state index in [1.54, 1.807) is 0 Å². The number of hydrogen-bond donors (Lipinski definition) is 1. The predicted molar refractivity (Wildman–Crippen MR) is 70.3 cm³/mol. The lowest BCUT2D eigenvalue weighted by molar-refractivity contribution is 0.283. The molecule has 1 aliphatic rings. The molecule has 16 heavy (non-hydrogen) atoms. The number of benzene rings is 1. The second-order valence-electron chi connectivity index (χ2n) is 4.09. The maximum Gasteiger partial charge on any atom is 0.0504 e. The molecule has 1 aromatic rings. The molecule has 0 saturated heterocycles. The molecule has 1 aromatic carbocycles. The maximum absolute atomic E-state index is 8.74. The third kappa shape index (κ3) is 2.92. The van der Waals surface area contributed by atoms with Gasteiger partial charge in [0.25, 0.3) is 0 Å². The molecule has 88 valence electrons. The summed E-state index contributed by atoms with van der Waals surface area (Å²) >= 11 is 1.95. The lowest BCUT2D eigenvalue weighted by atomic mass is 10.2. The van der Waals surface area contributed by atoms with Crippen molar-refractivity contribution in [3.8, 4) is 0 Å². The fourth-order valence-corrected chi connectivity index (χ4v) is 3.10. The molecule has 0 bridgehead atoms. The number of para-hydroxylation sites is 1. The quantitative estimate of drug-likeness (QED) is 0.797. The summed E-state index contributed by atoms with van der Waals surface area (Å²) in [5.74, 6) is 1.19. The van der Waals surface area contributed by atoms with Crippen molar-refractivity contribution in [1.29, 1.82) is 0 Å². The highest BCUT2D eigenvalue weighted by atomic mass is 32.2. The van der Waals surface area contributed by atoms with Gasteiger partial charge in [-0.3, -0.25) is 0 Å². The zero-order chi connectivity index (χ0) is 11.2. The Morgan fingerprint density at radius 1 is 1.19 bits per heavy atom. The normalized spacial score (nSPS) is 14.9. The molecule has 2 nitrogen and oxygen atoms in total. The van der Waals surface area contributed by atoms with Gasteiger partial charge in [0.2, 0.25) is 0 Å². The van der Waals surface area contributed by atoms with E-state index in [4.69, 9.17) is 5.11 Å². The Labute approximate surface area is 102 Å². The van der Waals surface area contributed by atoms with Crippen LogP contribution in [0.15, 0.2) is 29.2 Å². The van der Waals surface area contributed by atoms with Crippen molar-refractivity contribution in [1.82, 2.24) is 0 Å². The summed E-state index contributed by atoms with van der Waals surface area (Å²) < 4.78 is 0. The van der Waals surface area contributed by atoms with E-state index in [0.29, 0.717) is 6.61 Å². The van der Waals surface area contributed by atoms with Gasteiger partial charge < -0.3 is 10.0 Å². The maximum atomic E-state index is 8.74. The number of anilines is 1. The van der Waals surface area contributed by atoms with Crippen LogP contribution in [0.25, 0.3) is 0 Å². The van der Waals surface area contributed by atoms with Crippen LogP contribution in [0.5, 0.6) is 0 Å². The Balaban J connectivity index is 1.91. The number of aliphatic hydroxyl groups excluding tert-OH is 1. The highest BCUT2D eigenvalue weighted by Crippen LogP contribution is 2.34. The number of rotatable bonds is 5. The lowest BCUT2D eigenvalue weighted by Gasteiger charge is -2.30. The summed E-state index contributed by atoms with van der Waals surface area (Å²) in [5, 5.41) is 8.74. The third-order valence-corrected chi connectivity index (χ3v) is 3.95. The van der Waals surface area contributed by atoms with E-state index in [2.05, 4.69) is 29.2 Å². The van der Waals surface area contributed by atoms with Crippen molar-refractivity contribution in [2.75, 3.05) is 30.3 Å². The molecule has 0 unspecified atom stereocenters. The Morgan fingerprint density at radius 3 is 2.94 bits per heavy atom. The molecule has 0 aromatic heterocycles. The monoisotopic (exact) mass is 237 g/mol. The topological polar surface area (TPSA) is 23.5 Å². The number of fused-ring (bicyclic) bond motifs is 1. The van der Waals surface area contributed by atoms with Crippen molar-refractivity contribution in [2.24, 2.45) is 0 Å². The van der Waals surface area contributed by atoms with E-state index in [0.717, 1.165) is 25.9 Å². The first-order valence-corrected chi connectivity index (χ1v) is 6.98. The van der Waals surface area contributed by atoms with Gasteiger partial charge in [-0.15, -0.1) is 11.8 Å². The molecule has 0 spiro atoms. The molecule has 0 saturated carbocycles. The summed E-state index contributed by atoms with van der Waals surface area (Å²) in [7, 11) is 0. The average Bonchev–Trinajstić information content (AvgIpc) is 2.35. The van der Waals surface area contributed by atoms with Crippen LogP contribution in [0, 0.1) is 0 Å². The van der Waals surface area contributed by atoms with Crippen LogP contribution in [-0.4, -0.2) is 30.6 Å². The SMILES string of the molecule is OCCCCCN1CCSc2ccccc21. The molecule has 1 N–H and O–H groups in total. The smallest absolute Gasteiger partial charge is 0.0504 e. The molecule has 2 rings (SSSR count). The van der Waals surface area contributed by atoms with Crippen LogP contribution in [0.2, 0.25) is 0 Å². The molecule has 0 aliphatic carbocycles. The van der Waals surface area contributed by atoms with Crippen LogP contribution < -0.4 is 4.90 Å². The van der Waals surface area contributed by atoms with Gasteiger partial charge >= 0.3 is 0 Å². The number of aliphatic hydroxyl groups is 1. The Bertz CT molecular complexity index is 329. The molecule has 1 heterocycles. The fourth-order valence-electron chi connectivity index (χ4n) is 2.05. The van der Waals surface area contributed by atoms with Gasteiger partial charge in [-0.05, 0) is 31.4 Å². The van der Waals surface area contributed by atoms with Crippen LogP contribution in [-0.2, 0) is 0 Å². The Hall–Kier alpha value is -0.670. The van der Waals surface area contributed by atoms with Gasteiger partial charge in [0.1, 0.15) is 0 Å². The predicted octanol–water partition coefficient (Wildman–Crippen LogP) is 2.76. The van der Waals surface area contributed by atoms with Crippen molar-refractivity contribution in [3.63, 3.8) is 0 Å². The minimum atomic E-state index is 0.326. The van der Waals surface area contributed by atoms with Crippen molar-refractivity contribution in [2.45, 2.75) is 24.2 Å². The summed E-state index contributed by atoms with van der Waals surface area (Å²) in [6.45, 7) is 2.60.